The molecule has 2 aromatic rings. The van der Waals surface area contributed by atoms with E-state index in [4.69, 9.17) is 9.84 Å². The lowest BCUT2D eigenvalue weighted by Crippen LogP contribution is -2.38. The minimum absolute atomic E-state index is 0.0435. The first-order valence-electron chi connectivity index (χ1n) is 8.16. The number of carbonyl (C=O) groups is 1. The first-order chi connectivity index (χ1) is 13.2. The van der Waals surface area contributed by atoms with E-state index in [-0.39, 0.29) is 35.2 Å². The molecular weight excluding hydrogens is 386 g/mol. The maximum absolute atomic E-state index is 12.4. The van der Waals surface area contributed by atoms with Crippen LogP contribution in [0.4, 0.5) is 5.69 Å². The van der Waals surface area contributed by atoms with Crippen LogP contribution >= 0.6 is 0 Å². The fourth-order valence-electron chi connectivity index (χ4n) is 2.78. The molecule has 0 aliphatic carbocycles. The summed E-state index contributed by atoms with van der Waals surface area (Å²) in [4.78, 5) is 11.2. The maximum atomic E-state index is 12.4. The molecule has 2 aromatic carbocycles. The van der Waals surface area contributed by atoms with Crippen molar-refractivity contribution < 1.29 is 32.8 Å². The van der Waals surface area contributed by atoms with Crippen LogP contribution in [0.2, 0.25) is 0 Å². The number of aromatic hydroxyl groups is 1. The highest BCUT2D eigenvalue weighted by molar-refractivity contribution is 7.90. The third kappa shape index (κ3) is 3.54. The maximum Gasteiger partial charge on any atom is 0.305 e. The minimum Gasteiger partial charge on any atom is -0.504 e. The van der Waals surface area contributed by atoms with Gasteiger partial charge in [0, 0.05) is 11.6 Å². The van der Waals surface area contributed by atoms with E-state index in [1.165, 1.54) is 41.1 Å². The van der Waals surface area contributed by atoms with Crippen molar-refractivity contribution in [1.29, 1.82) is 0 Å². The number of benzene rings is 2. The van der Waals surface area contributed by atoms with E-state index < -0.39 is 16.0 Å². The molecule has 0 aromatic heterocycles. The molecule has 1 heterocycles. The number of ether oxygens (including phenoxy) is 1. The number of nitrogens with zero attached hydrogens (tertiary/aromatic N) is 3. The van der Waals surface area contributed by atoms with Gasteiger partial charge in [0.05, 0.1) is 26.1 Å². The first kappa shape index (κ1) is 19.4. The van der Waals surface area contributed by atoms with E-state index in [2.05, 4.69) is 11.1 Å². The highest BCUT2D eigenvalue weighted by Crippen LogP contribution is 2.32. The SMILES string of the molecule is C=[N+](c1ccc(O)c(OC)c1)N(CCC(=O)O)C1=NS(=O)(=O)c2ccccc21. The summed E-state index contributed by atoms with van der Waals surface area (Å²) >= 11 is 0. The lowest BCUT2D eigenvalue weighted by molar-refractivity contribution is -0.588. The highest BCUT2D eigenvalue weighted by Gasteiger charge is 2.36. The summed E-state index contributed by atoms with van der Waals surface area (Å²) in [5.74, 6) is -0.885. The summed E-state index contributed by atoms with van der Waals surface area (Å²) in [6.45, 7) is 3.83. The van der Waals surface area contributed by atoms with Crippen molar-refractivity contribution in [3.8, 4) is 11.5 Å². The molecule has 28 heavy (non-hydrogen) atoms. The van der Waals surface area contributed by atoms with Gasteiger partial charge in [-0.15, -0.1) is 9.41 Å². The number of phenolic OH excluding ortho intramolecular Hbond substituents is 1. The average Bonchev–Trinajstić information content (AvgIpc) is 2.93. The van der Waals surface area contributed by atoms with Gasteiger partial charge >= 0.3 is 5.97 Å². The number of rotatable bonds is 6. The van der Waals surface area contributed by atoms with Crippen molar-refractivity contribution in [3.05, 3.63) is 48.0 Å². The van der Waals surface area contributed by atoms with Crippen molar-refractivity contribution in [3.63, 3.8) is 0 Å². The Morgan fingerprint density at radius 3 is 2.68 bits per heavy atom. The molecule has 1 aliphatic rings. The number of methoxy groups -OCH3 is 1. The van der Waals surface area contributed by atoms with Crippen LogP contribution in [0.5, 0.6) is 11.5 Å². The molecule has 0 saturated carbocycles. The van der Waals surface area contributed by atoms with Gasteiger partial charge in [-0.3, -0.25) is 4.79 Å². The Morgan fingerprint density at radius 2 is 2.00 bits per heavy atom. The van der Waals surface area contributed by atoms with Crippen molar-refractivity contribution in [2.45, 2.75) is 11.3 Å². The molecule has 0 amide bonds. The van der Waals surface area contributed by atoms with Gasteiger partial charge in [0.2, 0.25) is 11.5 Å². The van der Waals surface area contributed by atoms with Crippen LogP contribution in [0.15, 0.2) is 51.8 Å². The minimum atomic E-state index is -3.89. The van der Waals surface area contributed by atoms with E-state index in [0.29, 0.717) is 11.3 Å². The van der Waals surface area contributed by atoms with E-state index in [1.807, 2.05) is 0 Å². The van der Waals surface area contributed by atoms with Crippen LogP contribution in [0.1, 0.15) is 12.0 Å². The molecule has 10 heteroatoms. The number of hydrazine groups is 1. The Balaban J connectivity index is 2.08. The predicted molar refractivity (Wildman–Crippen MR) is 101 cm³/mol. The fourth-order valence-corrected chi connectivity index (χ4v) is 3.99. The zero-order chi connectivity index (χ0) is 20.5. The Bertz CT molecular complexity index is 1090. The van der Waals surface area contributed by atoms with Crippen LogP contribution in [0, 0.1) is 0 Å². The number of hydrogen-bond acceptors (Lipinski definition) is 6. The molecule has 0 atom stereocenters. The summed E-state index contributed by atoms with van der Waals surface area (Å²) in [7, 11) is -2.51. The van der Waals surface area contributed by atoms with Crippen LogP contribution in [-0.2, 0) is 14.8 Å². The van der Waals surface area contributed by atoms with Gasteiger partial charge in [-0.2, -0.15) is 8.42 Å². The highest BCUT2D eigenvalue weighted by atomic mass is 32.2. The third-order valence-electron chi connectivity index (χ3n) is 4.15. The van der Waals surface area contributed by atoms with E-state index in [1.54, 1.807) is 18.2 Å². The van der Waals surface area contributed by atoms with Crippen LogP contribution in [0.3, 0.4) is 0 Å². The van der Waals surface area contributed by atoms with Crippen LogP contribution in [0.25, 0.3) is 0 Å². The Labute approximate surface area is 161 Å². The molecule has 146 valence electrons. The van der Waals surface area contributed by atoms with Gasteiger partial charge in [0.15, 0.2) is 18.2 Å². The number of sulfonamides is 1. The normalized spacial score (nSPS) is 14.1. The second-order valence-corrected chi connectivity index (χ2v) is 7.48. The van der Waals surface area contributed by atoms with E-state index in [0.717, 1.165) is 0 Å². The molecule has 0 bridgehead atoms. The number of amidine groups is 1. The Hall–Kier alpha value is -3.40. The number of carboxylic acid groups (broad SMARTS) is 1. The van der Waals surface area contributed by atoms with Gasteiger partial charge in [-0.25, -0.2) is 0 Å². The molecule has 0 fully saturated rings. The molecule has 0 saturated heterocycles. The Kier molecular flexibility index (Phi) is 5.06. The van der Waals surface area contributed by atoms with Gasteiger partial charge in [0.25, 0.3) is 10.0 Å². The summed E-state index contributed by atoms with van der Waals surface area (Å²) in [6, 6.07) is 10.7. The zero-order valence-electron chi connectivity index (χ0n) is 14.9. The first-order valence-corrected chi connectivity index (χ1v) is 9.60. The number of phenols is 1. The number of fused-ring (bicyclic) bond motifs is 1. The van der Waals surface area contributed by atoms with E-state index in [9.17, 15) is 18.3 Å². The van der Waals surface area contributed by atoms with Crippen molar-refractivity contribution in [1.82, 2.24) is 5.01 Å². The van der Waals surface area contributed by atoms with Gasteiger partial charge in [-0.1, -0.05) is 16.8 Å². The molecule has 0 spiro atoms. The zero-order valence-corrected chi connectivity index (χ0v) is 15.8. The second-order valence-electron chi connectivity index (χ2n) is 5.91. The van der Waals surface area contributed by atoms with Gasteiger partial charge in [0.1, 0.15) is 4.90 Å². The predicted octanol–water partition coefficient (Wildman–Crippen LogP) is 1.59. The molecule has 0 unspecified atom stereocenters. The lowest BCUT2D eigenvalue weighted by atomic mass is 10.2. The quantitative estimate of drug-likeness (QED) is 0.426. The third-order valence-corrected chi connectivity index (χ3v) is 5.47. The molecular formula is C18H18N3O6S+. The summed E-state index contributed by atoms with van der Waals surface area (Å²) in [5.41, 5.74) is 0.789. The topological polar surface area (TPSA) is 120 Å². The van der Waals surface area contributed by atoms with Crippen LogP contribution < -0.4 is 4.74 Å². The second kappa shape index (κ2) is 7.31. The molecule has 9 nitrogen and oxygen atoms in total. The summed E-state index contributed by atoms with van der Waals surface area (Å²) in [5, 5.41) is 20.2. The van der Waals surface area contributed by atoms with Gasteiger partial charge < -0.3 is 14.9 Å². The number of carboxylic acids is 1. The number of hydrogen-bond donors (Lipinski definition) is 2. The molecule has 0 radical (unpaired) electrons. The fraction of sp³-hybridized carbons (Fsp3) is 0.167. The van der Waals surface area contributed by atoms with E-state index >= 15 is 0 Å². The van der Waals surface area contributed by atoms with Gasteiger partial charge in [-0.05, 0) is 18.2 Å². The lowest BCUT2D eigenvalue weighted by Gasteiger charge is -2.19. The molecule has 3 rings (SSSR count). The smallest absolute Gasteiger partial charge is 0.305 e. The summed E-state index contributed by atoms with van der Waals surface area (Å²) in [6.07, 6.45) is -0.275. The van der Waals surface area contributed by atoms with Crippen molar-refractivity contribution in [2.75, 3.05) is 13.7 Å². The average molecular weight is 404 g/mol. The summed E-state index contributed by atoms with van der Waals surface area (Å²) < 4.78 is 35.0. The van der Waals surface area contributed by atoms with Crippen molar-refractivity contribution >= 4 is 34.2 Å². The largest absolute Gasteiger partial charge is 0.504 e. The number of aliphatic carboxylic acids is 1. The standard InChI is InChI=1S/C18H17N3O6S/c1-20(12-7-8-14(22)15(11-12)27-2)21(10-9-17(23)24)18-13-5-3-4-6-16(13)28(25,26)19-18/h3-8,11H,1,9-10H2,2H3,(H-,22,23,24)/p+1. The van der Waals surface area contributed by atoms with Crippen molar-refractivity contribution in [2.24, 2.45) is 4.40 Å². The Morgan fingerprint density at radius 1 is 1.29 bits per heavy atom. The molecule has 1 aliphatic heterocycles. The monoisotopic (exact) mass is 404 g/mol. The van der Waals surface area contributed by atoms with Crippen LogP contribution in [-0.4, -0.2) is 60.5 Å². The molecule has 2 N–H and O–H groups in total. The number of hydrazone groups is 1.